The van der Waals surface area contributed by atoms with Crippen LogP contribution in [0, 0.1) is 21.4 Å². The third-order valence-corrected chi connectivity index (χ3v) is 6.18. The molecule has 3 heterocycles. The maximum Gasteiger partial charge on any atom is 0.416 e. The molecule has 0 bridgehead atoms. The van der Waals surface area contributed by atoms with Crippen LogP contribution in [0.15, 0.2) is 18.2 Å². The zero-order valence-electron chi connectivity index (χ0n) is 16.9. The number of rotatable bonds is 2. The molecule has 13 heteroatoms. The number of nitro groups is 1. The third kappa shape index (κ3) is 3.18. The highest BCUT2D eigenvalue weighted by molar-refractivity contribution is 6.20. The van der Waals surface area contributed by atoms with Gasteiger partial charge in [0.1, 0.15) is 0 Å². The molecule has 3 aliphatic heterocycles. The Bertz CT molecular complexity index is 1010. The lowest BCUT2D eigenvalue weighted by Crippen LogP contribution is -2.76. The summed E-state index contributed by atoms with van der Waals surface area (Å²) in [5.41, 5.74) is -1.97. The first kappa shape index (κ1) is 22.0. The minimum absolute atomic E-state index is 0.153. The maximum atomic E-state index is 13.7. The van der Waals surface area contributed by atoms with Gasteiger partial charge in [-0.25, -0.2) is 4.79 Å². The first-order chi connectivity index (χ1) is 14.9. The number of morpholine rings is 1. The Hall–Kier alpha value is -3.22. The number of alkyl halides is 3. The van der Waals surface area contributed by atoms with Gasteiger partial charge in [0.15, 0.2) is 11.5 Å². The summed E-state index contributed by atoms with van der Waals surface area (Å²) in [5.74, 6) is -2.52. The second-order valence-electron chi connectivity index (χ2n) is 8.43. The molecule has 0 unspecified atom stereocenters. The van der Waals surface area contributed by atoms with Crippen LogP contribution in [0.1, 0.15) is 19.4 Å². The number of nitrogens with one attached hydrogen (secondary N) is 2. The van der Waals surface area contributed by atoms with Gasteiger partial charge in [-0.15, -0.1) is 0 Å². The number of imide groups is 2. The van der Waals surface area contributed by atoms with Crippen LogP contribution in [-0.4, -0.2) is 53.7 Å². The molecule has 172 valence electrons. The number of hydrogen-bond donors (Lipinski definition) is 2. The Morgan fingerprint density at radius 2 is 1.84 bits per heavy atom. The van der Waals surface area contributed by atoms with Crippen molar-refractivity contribution < 1.29 is 37.2 Å². The van der Waals surface area contributed by atoms with Gasteiger partial charge in [-0.1, -0.05) is 13.8 Å². The smallest absolute Gasteiger partial charge is 0.361 e. The van der Waals surface area contributed by atoms with Gasteiger partial charge in [0, 0.05) is 24.2 Å². The number of amides is 4. The molecule has 4 amide bonds. The van der Waals surface area contributed by atoms with E-state index < -0.39 is 65.1 Å². The van der Waals surface area contributed by atoms with Crippen molar-refractivity contribution in [1.82, 2.24) is 10.6 Å². The quantitative estimate of drug-likeness (QED) is 0.393. The Balaban J connectivity index is 1.95. The highest BCUT2D eigenvalue weighted by atomic mass is 19.4. The monoisotopic (exact) mass is 456 g/mol. The number of anilines is 1. The van der Waals surface area contributed by atoms with E-state index in [-0.39, 0.29) is 23.4 Å². The number of nitrogens with zero attached hydrogens (tertiary/aromatic N) is 2. The predicted molar refractivity (Wildman–Crippen MR) is 102 cm³/mol. The van der Waals surface area contributed by atoms with E-state index in [9.17, 15) is 37.7 Å². The van der Waals surface area contributed by atoms with E-state index in [0.29, 0.717) is 0 Å². The van der Waals surface area contributed by atoms with E-state index in [2.05, 4.69) is 0 Å². The van der Waals surface area contributed by atoms with Gasteiger partial charge in [0.2, 0.25) is 11.8 Å². The molecule has 10 nitrogen and oxygen atoms in total. The van der Waals surface area contributed by atoms with Gasteiger partial charge in [-0.3, -0.25) is 30.3 Å². The maximum absolute atomic E-state index is 13.7. The van der Waals surface area contributed by atoms with Crippen LogP contribution >= 0.6 is 0 Å². The number of barbiturate groups is 1. The Morgan fingerprint density at radius 1 is 1.22 bits per heavy atom. The molecule has 0 radical (unpaired) electrons. The molecular weight excluding hydrogens is 437 g/mol. The fraction of sp³-hybridized carbons (Fsp3) is 0.526. The molecule has 32 heavy (non-hydrogen) atoms. The van der Waals surface area contributed by atoms with Gasteiger partial charge >= 0.3 is 12.2 Å². The summed E-state index contributed by atoms with van der Waals surface area (Å²) in [6, 6.07) is 1.37. The predicted octanol–water partition coefficient (Wildman–Crippen LogP) is 1.66. The second kappa shape index (κ2) is 7.15. The minimum Gasteiger partial charge on any atom is -0.361 e. The first-order valence-corrected chi connectivity index (χ1v) is 9.79. The Kier molecular flexibility index (Phi) is 4.91. The number of fused-ring (bicyclic) bond motifs is 4. The second-order valence-corrected chi connectivity index (χ2v) is 8.43. The summed E-state index contributed by atoms with van der Waals surface area (Å²) in [6.07, 6.45) is -8.49. The van der Waals surface area contributed by atoms with Crippen molar-refractivity contribution in [1.29, 1.82) is 0 Å². The average molecular weight is 456 g/mol. The number of urea groups is 1. The van der Waals surface area contributed by atoms with E-state index in [1.165, 1.54) is 11.0 Å². The van der Waals surface area contributed by atoms with Gasteiger partial charge < -0.3 is 9.64 Å². The van der Waals surface area contributed by atoms with E-state index in [4.69, 9.17) is 4.74 Å². The number of carbonyl (C=O) groups excluding carboxylic acids is 3. The summed E-state index contributed by atoms with van der Waals surface area (Å²) in [4.78, 5) is 49.7. The summed E-state index contributed by atoms with van der Waals surface area (Å²) in [5, 5.41) is 15.3. The SMILES string of the molecule is CC(C)[C@H]1O[C@@H](C(F)(F)F)CN2c3ccc([N+](=O)[O-])cc3CC3(C(=O)NC(=O)NC3=O)[C@H]12. The van der Waals surface area contributed by atoms with E-state index in [1.807, 2.05) is 10.6 Å². The summed E-state index contributed by atoms with van der Waals surface area (Å²) < 4.78 is 46.4. The average Bonchev–Trinajstić information content (AvgIpc) is 2.69. The lowest BCUT2D eigenvalue weighted by Gasteiger charge is -2.57. The van der Waals surface area contributed by atoms with E-state index >= 15 is 0 Å². The molecule has 0 aliphatic carbocycles. The van der Waals surface area contributed by atoms with Crippen LogP contribution in [0.5, 0.6) is 0 Å². The number of ether oxygens (including phenoxy) is 1. The molecule has 3 aliphatic rings. The van der Waals surface area contributed by atoms with Crippen LogP contribution in [0.4, 0.5) is 29.3 Å². The topological polar surface area (TPSA) is 131 Å². The largest absolute Gasteiger partial charge is 0.416 e. The highest BCUT2D eigenvalue weighted by Crippen LogP contribution is 2.49. The van der Waals surface area contributed by atoms with Crippen LogP contribution in [-0.2, 0) is 20.7 Å². The van der Waals surface area contributed by atoms with Crippen molar-refractivity contribution in [2.45, 2.75) is 44.7 Å². The van der Waals surface area contributed by atoms with E-state index in [1.54, 1.807) is 13.8 Å². The third-order valence-electron chi connectivity index (χ3n) is 6.18. The Morgan fingerprint density at radius 3 is 2.38 bits per heavy atom. The molecule has 1 aromatic carbocycles. The lowest BCUT2D eigenvalue weighted by molar-refractivity contribution is -0.384. The molecule has 3 atom stereocenters. The minimum atomic E-state index is -4.73. The highest BCUT2D eigenvalue weighted by Gasteiger charge is 2.65. The van der Waals surface area contributed by atoms with Gasteiger partial charge in [0.05, 0.1) is 23.6 Å². The van der Waals surface area contributed by atoms with Crippen molar-refractivity contribution in [2.75, 3.05) is 11.4 Å². The van der Waals surface area contributed by atoms with Crippen LogP contribution < -0.4 is 15.5 Å². The molecule has 1 aromatic rings. The molecule has 2 saturated heterocycles. The molecule has 4 rings (SSSR count). The van der Waals surface area contributed by atoms with E-state index in [0.717, 1.165) is 12.1 Å². The number of hydrogen-bond acceptors (Lipinski definition) is 7. The van der Waals surface area contributed by atoms with Crippen LogP contribution in [0.3, 0.4) is 0 Å². The molecular formula is C19H19F3N4O6. The fourth-order valence-electron chi connectivity index (χ4n) is 4.78. The zero-order valence-corrected chi connectivity index (χ0v) is 16.9. The summed E-state index contributed by atoms with van der Waals surface area (Å²) in [6.45, 7) is 2.48. The summed E-state index contributed by atoms with van der Waals surface area (Å²) in [7, 11) is 0. The number of nitro benzene ring substituents is 1. The fourth-order valence-corrected chi connectivity index (χ4v) is 4.78. The standard InChI is InChI=1S/C19H19F3N4O6/c1-8(2)13-14-18(15(27)23-17(29)24-16(18)28)6-9-5-10(26(30)31)3-4-11(9)25(14)7-12(32-13)19(20,21)22/h3-5,8,12-14H,6-7H2,1-2H3,(H2,23,24,27,28,29)/t12-,13-,14+/m1/s1. The molecule has 0 saturated carbocycles. The number of non-ortho nitro benzene ring substituents is 1. The molecule has 0 aromatic heterocycles. The van der Waals surface area contributed by atoms with Gasteiger partial charge in [-0.2, -0.15) is 13.2 Å². The van der Waals surface area contributed by atoms with Crippen molar-refractivity contribution in [3.8, 4) is 0 Å². The van der Waals surface area contributed by atoms with Crippen molar-refractivity contribution in [3.63, 3.8) is 0 Å². The summed E-state index contributed by atoms with van der Waals surface area (Å²) >= 11 is 0. The normalized spacial score (nSPS) is 27.0. The lowest BCUT2D eigenvalue weighted by atomic mass is 9.65. The zero-order chi connectivity index (χ0) is 23.6. The van der Waals surface area contributed by atoms with Gasteiger partial charge in [-0.05, 0) is 17.5 Å². The molecule has 2 N–H and O–H groups in total. The molecule has 2 fully saturated rings. The number of halogens is 3. The Labute approximate surface area is 179 Å². The van der Waals surface area contributed by atoms with Crippen LogP contribution in [0.2, 0.25) is 0 Å². The van der Waals surface area contributed by atoms with Crippen molar-refractivity contribution in [2.24, 2.45) is 11.3 Å². The van der Waals surface area contributed by atoms with Crippen molar-refractivity contribution in [3.05, 3.63) is 33.9 Å². The van der Waals surface area contributed by atoms with Crippen LogP contribution in [0.25, 0.3) is 0 Å². The van der Waals surface area contributed by atoms with Gasteiger partial charge in [0.25, 0.3) is 5.69 Å². The first-order valence-electron chi connectivity index (χ1n) is 9.79. The van der Waals surface area contributed by atoms with Crippen molar-refractivity contribution >= 4 is 29.2 Å². The number of carbonyl (C=O) groups is 3. The molecule has 1 spiro atoms. The number of benzene rings is 1.